The van der Waals surface area contributed by atoms with Crippen LogP contribution in [0.4, 0.5) is 5.69 Å². The smallest absolute Gasteiger partial charge is 0.244 e. The quantitative estimate of drug-likeness (QED) is 0.720. The van der Waals surface area contributed by atoms with E-state index >= 15 is 0 Å². The van der Waals surface area contributed by atoms with Crippen molar-refractivity contribution in [1.82, 2.24) is 5.32 Å². The van der Waals surface area contributed by atoms with Crippen LogP contribution in [0.3, 0.4) is 0 Å². The molecule has 0 fully saturated rings. The average molecular weight is 435 g/mol. The summed E-state index contributed by atoms with van der Waals surface area (Å²) in [5.41, 5.74) is 1.13. The molecule has 0 aliphatic carbocycles. The van der Waals surface area contributed by atoms with Gasteiger partial charge in [0, 0.05) is 11.6 Å². The zero-order valence-electron chi connectivity index (χ0n) is 17.4. The summed E-state index contributed by atoms with van der Waals surface area (Å²) >= 11 is 0. The van der Waals surface area contributed by atoms with E-state index in [4.69, 9.17) is 14.2 Å². The van der Waals surface area contributed by atoms with Crippen molar-refractivity contribution in [3.8, 4) is 17.2 Å². The Morgan fingerprint density at radius 1 is 1.10 bits per heavy atom. The molecule has 1 aliphatic rings. The van der Waals surface area contributed by atoms with Gasteiger partial charge in [-0.05, 0) is 32.0 Å². The van der Waals surface area contributed by atoms with Crippen molar-refractivity contribution in [2.75, 3.05) is 30.9 Å². The molecule has 30 heavy (non-hydrogen) atoms. The van der Waals surface area contributed by atoms with Crippen LogP contribution in [0.1, 0.15) is 25.5 Å². The molecular weight excluding hydrogens is 408 g/mol. The molecule has 1 heterocycles. The number of para-hydroxylation sites is 1. The largest absolute Gasteiger partial charge is 0.496 e. The number of rotatable bonds is 7. The number of ether oxygens (including phenoxy) is 3. The molecule has 0 radical (unpaired) electrons. The molecule has 0 saturated carbocycles. The van der Waals surface area contributed by atoms with E-state index in [1.54, 1.807) is 38.3 Å². The highest BCUT2D eigenvalue weighted by molar-refractivity contribution is 7.92. The Labute approximate surface area is 176 Å². The van der Waals surface area contributed by atoms with Crippen LogP contribution in [0.2, 0.25) is 0 Å². The number of benzene rings is 2. The van der Waals surface area contributed by atoms with E-state index in [0.29, 0.717) is 36.1 Å². The number of amides is 1. The minimum atomic E-state index is -3.75. The first-order valence-electron chi connectivity index (χ1n) is 9.54. The van der Waals surface area contributed by atoms with E-state index < -0.39 is 22.0 Å². The molecule has 1 N–H and O–H groups in total. The maximum atomic E-state index is 13.0. The molecule has 1 amide bonds. The summed E-state index contributed by atoms with van der Waals surface area (Å²) in [7, 11) is -2.19. The highest BCUT2D eigenvalue weighted by Gasteiger charge is 2.31. The van der Waals surface area contributed by atoms with Crippen LogP contribution >= 0.6 is 0 Å². The van der Waals surface area contributed by atoms with Gasteiger partial charge in [0.1, 0.15) is 25.0 Å². The second-order valence-corrected chi connectivity index (χ2v) is 8.89. The molecule has 2 atom stereocenters. The molecule has 9 heteroatoms. The van der Waals surface area contributed by atoms with Crippen molar-refractivity contribution in [2.45, 2.75) is 25.9 Å². The van der Waals surface area contributed by atoms with Crippen molar-refractivity contribution in [2.24, 2.45) is 0 Å². The number of hydrogen-bond acceptors (Lipinski definition) is 6. The van der Waals surface area contributed by atoms with Gasteiger partial charge in [-0.1, -0.05) is 18.2 Å². The van der Waals surface area contributed by atoms with Crippen LogP contribution < -0.4 is 23.8 Å². The lowest BCUT2D eigenvalue weighted by Crippen LogP contribution is -2.48. The summed E-state index contributed by atoms with van der Waals surface area (Å²) in [6.07, 6.45) is 1.07. The lowest BCUT2D eigenvalue weighted by atomic mass is 10.1. The average Bonchev–Trinajstić information content (AvgIpc) is 2.72. The first-order chi connectivity index (χ1) is 14.2. The van der Waals surface area contributed by atoms with Gasteiger partial charge in [-0.25, -0.2) is 8.42 Å². The molecule has 8 nitrogen and oxygen atoms in total. The first-order valence-corrected chi connectivity index (χ1v) is 11.4. The Morgan fingerprint density at radius 3 is 2.43 bits per heavy atom. The molecule has 2 aromatic rings. The summed E-state index contributed by atoms with van der Waals surface area (Å²) in [5, 5.41) is 2.87. The molecular formula is C21H26N2O6S. The standard InChI is InChI=1S/C21H26N2O6S/c1-14(17-7-5-6-8-18(17)27-3)22-21(24)15(2)23(30(4,25)26)16-9-10-19-20(13-16)29-12-11-28-19/h5-10,13-15H,11-12H2,1-4H3,(H,22,24)/t14-,15-/m1/s1. The topological polar surface area (TPSA) is 94.2 Å². The van der Waals surface area contributed by atoms with Crippen LogP contribution in [0, 0.1) is 0 Å². The lowest BCUT2D eigenvalue weighted by molar-refractivity contribution is -0.122. The Hall–Kier alpha value is -2.94. The number of carbonyl (C=O) groups excluding carboxylic acids is 1. The number of hydrogen-bond donors (Lipinski definition) is 1. The summed E-state index contributed by atoms with van der Waals surface area (Å²) in [6.45, 7) is 4.17. The number of methoxy groups -OCH3 is 1. The summed E-state index contributed by atoms with van der Waals surface area (Å²) < 4.78 is 42.6. The van der Waals surface area contributed by atoms with Gasteiger partial charge >= 0.3 is 0 Å². The number of sulfonamides is 1. The van der Waals surface area contributed by atoms with E-state index in [1.807, 2.05) is 25.1 Å². The first kappa shape index (κ1) is 21.8. The van der Waals surface area contributed by atoms with E-state index in [2.05, 4.69) is 5.32 Å². The third kappa shape index (κ3) is 4.62. The molecule has 0 aromatic heterocycles. The van der Waals surface area contributed by atoms with Gasteiger partial charge in [0.05, 0.1) is 25.1 Å². The predicted molar refractivity (Wildman–Crippen MR) is 114 cm³/mol. The number of fused-ring (bicyclic) bond motifs is 1. The Balaban J connectivity index is 1.85. The van der Waals surface area contributed by atoms with E-state index in [-0.39, 0.29) is 6.04 Å². The van der Waals surface area contributed by atoms with Crippen LogP contribution in [0.5, 0.6) is 17.2 Å². The summed E-state index contributed by atoms with van der Waals surface area (Å²) in [4.78, 5) is 13.0. The third-order valence-corrected chi connectivity index (χ3v) is 6.07. The maximum absolute atomic E-state index is 13.0. The van der Waals surface area contributed by atoms with Gasteiger partial charge < -0.3 is 19.5 Å². The van der Waals surface area contributed by atoms with E-state index in [1.165, 1.54) is 0 Å². The molecule has 1 aliphatic heterocycles. The molecule has 162 valence electrons. The van der Waals surface area contributed by atoms with Gasteiger partial charge in [-0.3, -0.25) is 9.10 Å². The normalized spacial score (nSPS) is 15.1. The minimum Gasteiger partial charge on any atom is -0.496 e. The number of nitrogens with zero attached hydrogens (tertiary/aromatic N) is 1. The number of carbonyl (C=O) groups is 1. The van der Waals surface area contributed by atoms with Crippen molar-refractivity contribution >= 4 is 21.6 Å². The molecule has 0 saturated heterocycles. The Morgan fingerprint density at radius 2 is 1.77 bits per heavy atom. The van der Waals surface area contributed by atoms with Crippen LogP contribution in [-0.4, -0.2) is 46.9 Å². The highest BCUT2D eigenvalue weighted by atomic mass is 32.2. The lowest BCUT2D eigenvalue weighted by Gasteiger charge is -2.30. The maximum Gasteiger partial charge on any atom is 0.244 e. The third-order valence-electron chi connectivity index (χ3n) is 4.83. The van der Waals surface area contributed by atoms with Crippen molar-refractivity contribution in [1.29, 1.82) is 0 Å². The Kier molecular flexibility index (Phi) is 6.40. The zero-order valence-corrected chi connectivity index (χ0v) is 18.2. The molecule has 2 aromatic carbocycles. The molecule has 3 rings (SSSR count). The fourth-order valence-electron chi connectivity index (χ4n) is 3.41. The highest BCUT2D eigenvalue weighted by Crippen LogP contribution is 2.35. The van der Waals surface area contributed by atoms with E-state index in [0.717, 1.165) is 16.1 Å². The molecule has 0 spiro atoms. The molecule has 0 bridgehead atoms. The van der Waals surface area contributed by atoms with Gasteiger partial charge in [0.2, 0.25) is 15.9 Å². The molecule has 0 unspecified atom stereocenters. The van der Waals surface area contributed by atoms with Crippen molar-refractivity contribution < 1.29 is 27.4 Å². The number of nitrogens with one attached hydrogen (secondary N) is 1. The Bertz CT molecular complexity index is 1020. The minimum absolute atomic E-state index is 0.328. The predicted octanol–water partition coefficient (Wildman–Crippen LogP) is 2.50. The van der Waals surface area contributed by atoms with Gasteiger partial charge in [0.15, 0.2) is 11.5 Å². The van der Waals surface area contributed by atoms with Gasteiger partial charge in [-0.15, -0.1) is 0 Å². The summed E-state index contributed by atoms with van der Waals surface area (Å²) in [5.74, 6) is 1.20. The SMILES string of the molecule is COc1ccccc1[C@@H](C)NC(=O)[C@@H](C)N(c1ccc2c(c1)OCCO2)S(C)(=O)=O. The summed E-state index contributed by atoms with van der Waals surface area (Å²) in [6, 6.07) is 10.8. The van der Waals surface area contributed by atoms with Crippen LogP contribution in [0.25, 0.3) is 0 Å². The zero-order chi connectivity index (χ0) is 21.9. The van der Waals surface area contributed by atoms with Crippen molar-refractivity contribution in [3.63, 3.8) is 0 Å². The van der Waals surface area contributed by atoms with Crippen molar-refractivity contribution in [3.05, 3.63) is 48.0 Å². The second-order valence-electron chi connectivity index (χ2n) is 7.03. The van der Waals surface area contributed by atoms with Crippen LogP contribution in [0.15, 0.2) is 42.5 Å². The fraction of sp³-hybridized carbons (Fsp3) is 0.381. The fourth-order valence-corrected chi connectivity index (χ4v) is 4.58. The van der Waals surface area contributed by atoms with E-state index in [9.17, 15) is 13.2 Å². The number of anilines is 1. The second kappa shape index (κ2) is 8.83. The van der Waals surface area contributed by atoms with Gasteiger partial charge in [0.25, 0.3) is 0 Å². The van der Waals surface area contributed by atoms with Crippen LogP contribution in [-0.2, 0) is 14.8 Å². The van der Waals surface area contributed by atoms with Gasteiger partial charge in [-0.2, -0.15) is 0 Å². The monoisotopic (exact) mass is 434 g/mol.